The van der Waals surface area contributed by atoms with Gasteiger partial charge in [0.1, 0.15) is 0 Å². The van der Waals surface area contributed by atoms with E-state index in [1.165, 1.54) is 0 Å². The predicted octanol–water partition coefficient (Wildman–Crippen LogP) is 3.03. The molecule has 0 bridgehead atoms. The monoisotopic (exact) mass is 257 g/mol. The molecule has 1 aromatic rings. The van der Waals surface area contributed by atoms with E-state index in [-0.39, 0.29) is 6.04 Å². The first kappa shape index (κ1) is 14.1. The average Bonchev–Trinajstić information content (AvgIpc) is 2.26. The Kier molecular flexibility index (Phi) is 5.59. The summed E-state index contributed by atoms with van der Waals surface area (Å²) in [7, 11) is 1.61. The van der Waals surface area contributed by atoms with Gasteiger partial charge in [0.25, 0.3) is 0 Å². The fourth-order valence-electron chi connectivity index (χ4n) is 1.61. The summed E-state index contributed by atoms with van der Waals surface area (Å²) in [4.78, 5) is 0. The van der Waals surface area contributed by atoms with Crippen molar-refractivity contribution >= 4 is 11.6 Å². The fraction of sp³-hybridized carbons (Fsp3) is 0.538. The highest BCUT2D eigenvalue weighted by molar-refractivity contribution is 6.32. The van der Waals surface area contributed by atoms with E-state index < -0.39 is 0 Å². The van der Waals surface area contributed by atoms with Crippen LogP contribution >= 0.6 is 11.6 Å². The smallest absolute Gasteiger partial charge is 0.179 e. The summed E-state index contributed by atoms with van der Waals surface area (Å²) in [6, 6.07) is 3.91. The Balaban J connectivity index is 2.98. The molecule has 17 heavy (non-hydrogen) atoms. The van der Waals surface area contributed by atoms with Crippen molar-refractivity contribution in [1.29, 1.82) is 0 Å². The van der Waals surface area contributed by atoms with E-state index in [9.17, 15) is 0 Å². The maximum atomic E-state index is 6.19. The summed E-state index contributed by atoms with van der Waals surface area (Å²) in [6.45, 7) is 4.63. The van der Waals surface area contributed by atoms with E-state index in [0.717, 1.165) is 18.4 Å². The first-order valence-corrected chi connectivity index (χ1v) is 6.21. The van der Waals surface area contributed by atoms with Gasteiger partial charge in [-0.3, -0.25) is 0 Å². The van der Waals surface area contributed by atoms with Gasteiger partial charge in [-0.25, -0.2) is 0 Å². The van der Waals surface area contributed by atoms with Crippen molar-refractivity contribution < 1.29 is 9.47 Å². The van der Waals surface area contributed by atoms with Crippen LogP contribution in [0.5, 0.6) is 11.5 Å². The molecule has 0 aromatic heterocycles. The second-order valence-corrected chi connectivity index (χ2v) is 4.55. The van der Waals surface area contributed by atoms with Gasteiger partial charge in [-0.15, -0.1) is 0 Å². The highest BCUT2D eigenvalue weighted by Crippen LogP contribution is 2.36. The van der Waals surface area contributed by atoms with E-state index in [2.05, 4.69) is 0 Å². The van der Waals surface area contributed by atoms with Gasteiger partial charge in [0.05, 0.1) is 18.7 Å². The minimum absolute atomic E-state index is 0.0955. The van der Waals surface area contributed by atoms with Crippen LogP contribution < -0.4 is 15.2 Å². The number of nitrogens with two attached hydrogens (primary N) is 1. The van der Waals surface area contributed by atoms with Gasteiger partial charge in [-0.05, 0) is 37.5 Å². The molecule has 0 aliphatic rings. The van der Waals surface area contributed by atoms with Crippen LogP contribution in [0.4, 0.5) is 0 Å². The van der Waals surface area contributed by atoms with Crippen molar-refractivity contribution in [3.8, 4) is 11.5 Å². The number of hydrogen-bond acceptors (Lipinski definition) is 3. The third-order valence-electron chi connectivity index (χ3n) is 2.30. The molecule has 1 atom stereocenters. The molecule has 0 heterocycles. The summed E-state index contributed by atoms with van der Waals surface area (Å²) in [5.41, 5.74) is 6.83. The highest BCUT2D eigenvalue weighted by Gasteiger charge is 2.12. The fourth-order valence-corrected chi connectivity index (χ4v) is 1.89. The quantitative estimate of drug-likeness (QED) is 0.852. The first-order chi connectivity index (χ1) is 8.08. The molecule has 2 N–H and O–H groups in total. The average molecular weight is 258 g/mol. The van der Waals surface area contributed by atoms with Crippen molar-refractivity contribution in [2.75, 3.05) is 13.7 Å². The Morgan fingerprint density at radius 2 is 2.12 bits per heavy atom. The summed E-state index contributed by atoms with van der Waals surface area (Å²) in [6.07, 6.45) is 1.70. The first-order valence-electron chi connectivity index (χ1n) is 5.83. The Morgan fingerprint density at radius 3 is 2.65 bits per heavy atom. The highest BCUT2D eigenvalue weighted by atomic mass is 35.5. The Hall–Kier alpha value is -0.930. The van der Waals surface area contributed by atoms with Gasteiger partial charge < -0.3 is 15.2 Å². The van der Waals surface area contributed by atoms with E-state index in [1.54, 1.807) is 7.11 Å². The lowest BCUT2D eigenvalue weighted by Gasteiger charge is -2.14. The van der Waals surface area contributed by atoms with Crippen LogP contribution in [0, 0.1) is 0 Å². The number of halogens is 1. The Labute approximate surface area is 108 Å². The van der Waals surface area contributed by atoms with Crippen molar-refractivity contribution in [2.45, 2.75) is 32.7 Å². The topological polar surface area (TPSA) is 44.5 Å². The lowest BCUT2D eigenvalue weighted by Crippen LogP contribution is -2.17. The summed E-state index contributed by atoms with van der Waals surface area (Å²) >= 11 is 6.19. The molecule has 0 fully saturated rings. The molecule has 1 aromatic carbocycles. The molecule has 0 radical (unpaired) electrons. The molecule has 3 nitrogen and oxygen atoms in total. The molecule has 1 unspecified atom stereocenters. The third-order valence-corrected chi connectivity index (χ3v) is 2.58. The summed E-state index contributed by atoms with van der Waals surface area (Å²) in [5, 5.41) is 0.577. The van der Waals surface area contributed by atoms with Crippen LogP contribution in [0.25, 0.3) is 0 Å². The predicted molar refractivity (Wildman–Crippen MR) is 71.1 cm³/mol. The lowest BCUT2D eigenvalue weighted by molar-refractivity contribution is 0.294. The van der Waals surface area contributed by atoms with Crippen molar-refractivity contribution in [1.82, 2.24) is 0 Å². The molecule has 96 valence electrons. The van der Waals surface area contributed by atoms with Crippen LogP contribution in [0.2, 0.25) is 5.02 Å². The molecular formula is C13H20ClNO2. The number of ether oxygens (including phenoxy) is 2. The number of rotatable bonds is 6. The largest absolute Gasteiger partial charge is 0.493 e. The number of hydrogen-bond donors (Lipinski definition) is 1. The molecule has 1 rings (SSSR count). The van der Waals surface area contributed by atoms with Gasteiger partial charge in [-0.1, -0.05) is 18.5 Å². The van der Waals surface area contributed by atoms with Crippen LogP contribution in [0.15, 0.2) is 12.1 Å². The normalized spacial score (nSPS) is 12.3. The maximum Gasteiger partial charge on any atom is 0.179 e. The van der Waals surface area contributed by atoms with Gasteiger partial charge in [-0.2, -0.15) is 0 Å². The standard InChI is InChI=1S/C13H20ClNO2/c1-4-5-17-13-11(14)7-10(6-9(2)15)8-12(13)16-3/h7-9H,4-6,15H2,1-3H3. The zero-order valence-corrected chi connectivity index (χ0v) is 11.4. The molecule has 0 saturated carbocycles. The molecule has 0 aliphatic heterocycles. The van der Waals surface area contributed by atoms with Crippen molar-refractivity contribution in [2.24, 2.45) is 5.73 Å². The van der Waals surface area contributed by atoms with Crippen LogP contribution in [0.1, 0.15) is 25.8 Å². The SMILES string of the molecule is CCCOc1c(Cl)cc(CC(C)N)cc1OC. The zero-order chi connectivity index (χ0) is 12.8. The van der Waals surface area contributed by atoms with Gasteiger partial charge >= 0.3 is 0 Å². The summed E-state index contributed by atoms with van der Waals surface area (Å²) < 4.78 is 10.9. The van der Waals surface area contributed by atoms with Crippen molar-refractivity contribution in [3.63, 3.8) is 0 Å². The molecule has 0 spiro atoms. The molecule has 4 heteroatoms. The minimum atomic E-state index is 0.0955. The number of benzene rings is 1. The zero-order valence-electron chi connectivity index (χ0n) is 10.6. The molecule has 0 saturated heterocycles. The second kappa shape index (κ2) is 6.72. The van der Waals surface area contributed by atoms with E-state index >= 15 is 0 Å². The molecular weight excluding hydrogens is 238 g/mol. The van der Waals surface area contributed by atoms with Gasteiger partial charge in [0, 0.05) is 6.04 Å². The van der Waals surface area contributed by atoms with E-state index in [1.807, 2.05) is 26.0 Å². The maximum absolute atomic E-state index is 6.19. The summed E-state index contributed by atoms with van der Waals surface area (Å²) in [5.74, 6) is 1.28. The van der Waals surface area contributed by atoms with E-state index in [0.29, 0.717) is 23.1 Å². The second-order valence-electron chi connectivity index (χ2n) is 4.14. The van der Waals surface area contributed by atoms with E-state index in [4.69, 9.17) is 26.8 Å². The van der Waals surface area contributed by atoms with Crippen LogP contribution in [-0.2, 0) is 6.42 Å². The Bertz CT molecular complexity index is 367. The minimum Gasteiger partial charge on any atom is -0.493 e. The van der Waals surface area contributed by atoms with Crippen molar-refractivity contribution in [3.05, 3.63) is 22.7 Å². The lowest BCUT2D eigenvalue weighted by atomic mass is 10.1. The van der Waals surface area contributed by atoms with Crippen LogP contribution in [0.3, 0.4) is 0 Å². The Morgan fingerprint density at radius 1 is 1.41 bits per heavy atom. The molecule has 0 aliphatic carbocycles. The van der Waals surface area contributed by atoms with Gasteiger partial charge in [0.2, 0.25) is 0 Å². The third kappa shape index (κ3) is 4.10. The van der Waals surface area contributed by atoms with Gasteiger partial charge in [0.15, 0.2) is 11.5 Å². The van der Waals surface area contributed by atoms with Crippen LogP contribution in [-0.4, -0.2) is 19.8 Å². The number of methoxy groups -OCH3 is 1. The molecule has 0 amide bonds.